The summed E-state index contributed by atoms with van der Waals surface area (Å²) < 4.78 is 1.50. The van der Waals surface area contributed by atoms with Gasteiger partial charge in [-0.2, -0.15) is 0 Å². The SMILES string of the molecule is CC1CC1(O)c1ccn(C)c(=O)c1. The number of aliphatic hydroxyl groups is 1. The molecule has 0 amide bonds. The predicted octanol–water partition coefficient (Wildman–Crippen LogP) is 0.613. The number of hydrogen-bond donors (Lipinski definition) is 1. The van der Waals surface area contributed by atoms with Gasteiger partial charge in [0.05, 0.1) is 5.60 Å². The topological polar surface area (TPSA) is 42.2 Å². The lowest BCUT2D eigenvalue weighted by atomic mass is 10.1. The van der Waals surface area contributed by atoms with Crippen LogP contribution in [0.1, 0.15) is 18.9 Å². The van der Waals surface area contributed by atoms with Gasteiger partial charge in [0.15, 0.2) is 0 Å². The van der Waals surface area contributed by atoms with Crippen LogP contribution in [-0.4, -0.2) is 9.67 Å². The summed E-state index contributed by atoms with van der Waals surface area (Å²) in [4.78, 5) is 11.3. The highest BCUT2D eigenvalue weighted by molar-refractivity contribution is 5.27. The van der Waals surface area contributed by atoms with Gasteiger partial charge in [0, 0.05) is 19.3 Å². The molecule has 1 heterocycles. The van der Waals surface area contributed by atoms with Crippen LogP contribution in [0.25, 0.3) is 0 Å². The largest absolute Gasteiger partial charge is 0.385 e. The summed E-state index contributed by atoms with van der Waals surface area (Å²) >= 11 is 0. The van der Waals surface area contributed by atoms with Crippen molar-refractivity contribution in [3.63, 3.8) is 0 Å². The summed E-state index contributed by atoms with van der Waals surface area (Å²) in [7, 11) is 1.70. The summed E-state index contributed by atoms with van der Waals surface area (Å²) in [6, 6.07) is 3.33. The number of pyridine rings is 1. The summed E-state index contributed by atoms with van der Waals surface area (Å²) in [5.74, 6) is 0.277. The maximum atomic E-state index is 11.3. The van der Waals surface area contributed by atoms with Gasteiger partial charge in [-0.15, -0.1) is 0 Å². The molecule has 0 bridgehead atoms. The Morgan fingerprint density at radius 3 is 2.77 bits per heavy atom. The van der Waals surface area contributed by atoms with Crippen LogP contribution in [0.15, 0.2) is 23.1 Å². The third-order valence-corrected chi connectivity index (χ3v) is 2.88. The summed E-state index contributed by atoms with van der Waals surface area (Å²) in [6.45, 7) is 1.98. The molecule has 0 radical (unpaired) electrons. The summed E-state index contributed by atoms with van der Waals surface area (Å²) in [6.07, 6.45) is 2.46. The first-order chi connectivity index (χ1) is 6.04. The zero-order valence-electron chi connectivity index (χ0n) is 7.82. The lowest BCUT2D eigenvalue weighted by molar-refractivity contribution is 0.134. The van der Waals surface area contributed by atoms with E-state index in [4.69, 9.17) is 0 Å². The van der Waals surface area contributed by atoms with Crippen molar-refractivity contribution in [2.75, 3.05) is 0 Å². The van der Waals surface area contributed by atoms with Crippen LogP contribution in [-0.2, 0) is 12.6 Å². The normalized spacial score (nSPS) is 31.8. The number of aryl methyl sites for hydroxylation is 1. The molecular weight excluding hydrogens is 166 g/mol. The van der Waals surface area contributed by atoms with E-state index in [1.54, 1.807) is 13.2 Å². The summed E-state index contributed by atoms with van der Waals surface area (Å²) in [5.41, 5.74) is -0.0407. The van der Waals surface area contributed by atoms with Gasteiger partial charge < -0.3 is 9.67 Å². The van der Waals surface area contributed by atoms with Gasteiger partial charge in [-0.3, -0.25) is 4.79 Å². The average molecular weight is 179 g/mol. The van der Waals surface area contributed by atoms with Crippen molar-refractivity contribution in [1.82, 2.24) is 4.57 Å². The Labute approximate surface area is 76.6 Å². The number of aromatic nitrogens is 1. The molecule has 0 spiro atoms. The molecule has 2 unspecified atom stereocenters. The minimum absolute atomic E-state index is 0.0648. The Morgan fingerprint density at radius 1 is 1.69 bits per heavy atom. The van der Waals surface area contributed by atoms with Crippen molar-refractivity contribution < 1.29 is 5.11 Å². The molecule has 1 fully saturated rings. The van der Waals surface area contributed by atoms with E-state index in [0.717, 1.165) is 12.0 Å². The van der Waals surface area contributed by atoms with E-state index in [1.807, 2.05) is 13.0 Å². The third kappa shape index (κ3) is 1.20. The minimum atomic E-state index is -0.729. The van der Waals surface area contributed by atoms with Gasteiger partial charge in [-0.25, -0.2) is 0 Å². The molecule has 1 aliphatic rings. The maximum Gasteiger partial charge on any atom is 0.250 e. The van der Waals surface area contributed by atoms with E-state index < -0.39 is 5.60 Å². The van der Waals surface area contributed by atoms with Gasteiger partial charge in [-0.1, -0.05) is 6.92 Å². The Morgan fingerprint density at radius 2 is 2.31 bits per heavy atom. The van der Waals surface area contributed by atoms with E-state index in [2.05, 4.69) is 0 Å². The second-order valence-corrected chi connectivity index (χ2v) is 3.89. The van der Waals surface area contributed by atoms with E-state index in [1.165, 1.54) is 10.6 Å². The molecule has 1 N–H and O–H groups in total. The van der Waals surface area contributed by atoms with Crippen molar-refractivity contribution in [1.29, 1.82) is 0 Å². The Balaban J connectivity index is 2.44. The molecule has 1 aromatic heterocycles. The fourth-order valence-corrected chi connectivity index (χ4v) is 1.63. The molecule has 3 nitrogen and oxygen atoms in total. The van der Waals surface area contributed by atoms with Crippen LogP contribution in [0.5, 0.6) is 0 Å². The lowest BCUT2D eigenvalue weighted by Crippen LogP contribution is -2.19. The first-order valence-corrected chi connectivity index (χ1v) is 4.43. The first kappa shape index (κ1) is 8.51. The predicted molar refractivity (Wildman–Crippen MR) is 49.4 cm³/mol. The van der Waals surface area contributed by atoms with Gasteiger partial charge in [0.2, 0.25) is 0 Å². The molecule has 0 aliphatic heterocycles. The third-order valence-electron chi connectivity index (χ3n) is 2.88. The average Bonchev–Trinajstić information content (AvgIpc) is 2.67. The summed E-state index contributed by atoms with van der Waals surface area (Å²) in [5, 5.41) is 9.94. The highest BCUT2D eigenvalue weighted by Crippen LogP contribution is 2.50. The second-order valence-electron chi connectivity index (χ2n) is 3.89. The zero-order valence-corrected chi connectivity index (χ0v) is 7.82. The fraction of sp³-hybridized carbons (Fsp3) is 0.500. The van der Waals surface area contributed by atoms with Gasteiger partial charge in [0.25, 0.3) is 5.56 Å². The quantitative estimate of drug-likeness (QED) is 0.686. The minimum Gasteiger partial charge on any atom is -0.385 e. The molecule has 2 atom stereocenters. The fourth-order valence-electron chi connectivity index (χ4n) is 1.63. The molecular formula is C10H13NO2. The highest BCUT2D eigenvalue weighted by atomic mass is 16.3. The van der Waals surface area contributed by atoms with Crippen molar-refractivity contribution in [3.05, 3.63) is 34.2 Å². The monoisotopic (exact) mass is 179 g/mol. The van der Waals surface area contributed by atoms with Crippen LogP contribution in [0.2, 0.25) is 0 Å². The molecule has 2 rings (SSSR count). The van der Waals surface area contributed by atoms with E-state index in [0.29, 0.717) is 0 Å². The highest BCUT2D eigenvalue weighted by Gasteiger charge is 2.51. The van der Waals surface area contributed by atoms with Crippen LogP contribution >= 0.6 is 0 Å². The van der Waals surface area contributed by atoms with Crippen LogP contribution < -0.4 is 5.56 Å². The van der Waals surface area contributed by atoms with Crippen LogP contribution in [0.4, 0.5) is 0 Å². The standard InChI is InChI=1S/C10H13NO2/c1-7-6-10(7,13)8-3-4-11(2)9(12)5-8/h3-5,7,13H,6H2,1-2H3. The zero-order chi connectivity index (χ0) is 9.64. The molecule has 3 heteroatoms. The molecule has 1 saturated carbocycles. The smallest absolute Gasteiger partial charge is 0.250 e. The lowest BCUT2D eigenvalue weighted by Gasteiger charge is -2.09. The van der Waals surface area contributed by atoms with Crippen molar-refractivity contribution >= 4 is 0 Å². The number of hydrogen-bond acceptors (Lipinski definition) is 2. The molecule has 0 saturated heterocycles. The van der Waals surface area contributed by atoms with Gasteiger partial charge in [-0.05, 0) is 24.0 Å². The van der Waals surface area contributed by atoms with Crippen LogP contribution in [0.3, 0.4) is 0 Å². The van der Waals surface area contributed by atoms with E-state index in [9.17, 15) is 9.90 Å². The second kappa shape index (κ2) is 2.45. The first-order valence-electron chi connectivity index (χ1n) is 4.43. The Hall–Kier alpha value is -1.09. The van der Waals surface area contributed by atoms with Crippen molar-refractivity contribution in [2.45, 2.75) is 18.9 Å². The molecule has 13 heavy (non-hydrogen) atoms. The molecule has 70 valence electrons. The maximum absolute atomic E-state index is 11.3. The Kier molecular flexibility index (Phi) is 1.60. The van der Waals surface area contributed by atoms with Crippen molar-refractivity contribution in [2.24, 2.45) is 13.0 Å². The molecule has 0 aromatic carbocycles. The number of nitrogens with zero attached hydrogens (tertiary/aromatic N) is 1. The van der Waals surface area contributed by atoms with Gasteiger partial charge >= 0.3 is 0 Å². The van der Waals surface area contributed by atoms with Crippen LogP contribution in [0, 0.1) is 5.92 Å². The van der Waals surface area contributed by atoms with Gasteiger partial charge in [0.1, 0.15) is 0 Å². The molecule has 1 aliphatic carbocycles. The Bertz CT molecular complexity index is 396. The van der Waals surface area contributed by atoms with E-state index in [-0.39, 0.29) is 11.5 Å². The number of rotatable bonds is 1. The van der Waals surface area contributed by atoms with E-state index >= 15 is 0 Å². The van der Waals surface area contributed by atoms with Crippen molar-refractivity contribution in [3.8, 4) is 0 Å². The molecule has 1 aromatic rings.